The maximum atomic E-state index is 14.0. The second-order valence-electron chi connectivity index (χ2n) is 5.83. The fraction of sp³-hybridized carbons (Fsp3) is 0.333. The first-order valence-corrected chi connectivity index (χ1v) is 7.50. The maximum Gasteiger partial charge on any atom is 0.127 e. The number of rotatable bonds is 5. The molecule has 1 nitrogen and oxygen atoms in total. The third-order valence-corrected chi connectivity index (χ3v) is 4.56. The predicted molar refractivity (Wildman–Crippen MR) is 87.4 cm³/mol. The van der Waals surface area contributed by atoms with Gasteiger partial charge in [0.15, 0.2) is 0 Å². The second kappa shape index (κ2) is 6.59. The van der Waals surface area contributed by atoms with E-state index in [0.717, 1.165) is 0 Å². The van der Waals surface area contributed by atoms with Crippen LogP contribution in [0.3, 0.4) is 0 Å². The maximum absolute atomic E-state index is 14.0. The third kappa shape index (κ3) is 3.45. The van der Waals surface area contributed by atoms with Crippen molar-refractivity contribution in [3.8, 4) is 0 Å². The van der Waals surface area contributed by atoms with E-state index in [1.54, 1.807) is 12.1 Å². The highest BCUT2D eigenvalue weighted by molar-refractivity contribution is 6.31. The van der Waals surface area contributed by atoms with Crippen LogP contribution in [0.4, 0.5) is 4.39 Å². The monoisotopic (exact) mass is 305 g/mol. The lowest BCUT2D eigenvalue weighted by molar-refractivity contribution is 0.353. The zero-order valence-electron chi connectivity index (χ0n) is 12.7. The van der Waals surface area contributed by atoms with Crippen molar-refractivity contribution >= 4 is 11.6 Å². The van der Waals surface area contributed by atoms with Gasteiger partial charge in [-0.15, -0.1) is 0 Å². The highest BCUT2D eigenvalue weighted by Gasteiger charge is 2.31. The first-order chi connectivity index (χ1) is 9.96. The van der Waals surface area contributed by atoms with Gasteiger partial charge in [-0.3, -0.25) is 0 Å². The summed E-state index contributed by atoms with van der Waals surface area (Å²) in [6.45, 7) is 4.33. The molecule has 0 bridgehead atoms. The molecule has 0 aromatic heterocycles. The Bertz CT molecular complexity index is 575. The molecule has 2 aromatic carbocycles. The van der Waals surface area contributed by atoms with Gasteiger partial charge in [0.1, 0.15) is 5.82 Å². The number of halogens is 2. The van der Waals surface area contributed by atoms with Crippen LogP contribution in [0.25, 0.3) is 0 Å². The lowest BCUT2D eigenvalue weighted by Crippen LogP contribution is -2.44. The predicted octanol–water partition coefficient (Wildman–Crippen LogP) is 4.59. The summed E-state index contributed by atoms with van der Waals surface area (Å²) < 4.78 is 14.0. The molecular weight excluding hydrogens is 285 g/mol. The van der Waals surface area contributed by atoms with E-state index in [2.05, 4.69) is 31.3 Å². The van der Waals surface area contributed by atoms with Crippen molar-refractivity contribution in [2.75, 3.05) is 7.05 Å². The van der Waals surface area contributed by atoms with Gasteiger partial charge in [0, 0.05) is 22.0 Å². The van der Waals surface area contributed by atoms with Gasteiger partial charge >= 0.3 is 0 Å². The van der Waals surface area contributed by atoms with Gasteiger partial charge in [0.25, 0.3) is 0 Å². The molecule has 112 valence electrons. The molecule has 0 aliphatic heterocycles. The average molecular weight is 306 g/mol. The molecule has 0 heterocycles. The van der Waals surface area contributed by atoms with E-state index in [1.807, 2.05) is 25.2 Å². The summed E-state index contributed by atoms with van der Waals surface area (Å²) in [5.74, 6) is -0.244. The van der Waals surface area contributed by atoms with Gasteiger partial charge in [-0.1, -0.05) is 61.8 Å². The van der Waals surface area contributed by atoms with Crippen LogP contribution in [-0.2, 0) is 11.8 Å². The molecule has 1 atom stereocenters. The van der Waals surface area contributed by atoms with Gasteiger partial charge in [-0.25, -0.2) is 4.39 Å². The first-order valence-electron chi connectivity index (χ1n) is 7.12. The molecule has 1 N–H and O–H groups in total. The zero-order valence-corrected chi connectivity index (χ0v) is 13.4. The summed E-state index contributed by atoms with van der Waals surface area (Å²) in [5.41, 5.74) is 1.65. The van der Waals surface area contributed by atoms with Crippen LogP contribution >= 0.6 is 11.6 Å². The molecule has 0 fully saturated rings. The Morgan fingerprint density at radius 2 is 1.76 bits per heavy atom. The Labute approximate surface area is 131 Å². The minimum absolute atomic E-state index is 0.0781. The van der Waals surface area contributed by atoms with Crippen LogP contribution in [0.15, 0.2) is 48.5 Å². The molecule has 0 radical (unpaired) electrons. The van der Waals surface area contributed by atoms with Crippen LogP contribution in [0.2, 0.25) is 5.02 Å². The molecule has 0 spiro atoms. The van der Waals surface area contributed by atoms with E-state index in [4.69, 9.17) is 11.6 Å². The third-order valence-electron chi connectivity index (χ3n) is 4.21. The largest absolute Gasteiger partial charge is 0.316 e. The van der Waals surface area contributed by atoms with Crippen LogP contribution in [0.5, 0.6) is 0 Å². The van der Waals surface area contributed by atoms with Gasteiger partial charge in [-0.05, 0) is 31.2 Å². The molecule has 21 heavy (non-hydrogen) atoms. The minimum atomic E-state index is -0.244. The minimum Gasteiger partial charge on any atom is -0.316 e. The molecule has 2 rings (SSSR count). The summed E-state index contributed by atoms with van der Waals surface area (Å²) >= 11 is 6.16. The number of hydrogen-bond donors (Lipinski definition) is 1. The molecule has 0 aliphatic rings. The SMILES string of the molecule is CNC(Cc1c(F)cccc1Cl)C(C)(C)c1ccccc1. The van der Waals surface area contributed by atoms with Crippen molar-refractivity contribution in [3.05, 3.63) is 70.5 Å². The smallest absolute Gasteiger partial charge is 0.127 e. The van der Waals surface area contributed by atoms with E-state index in [-0.39, 0.29) is 17.3 Å². The molecular formula is C18H21ClFN. The van der Waals surface area contributed by atoms with Gasteiger partial charge < -0.3 is 5.32 Å². The summed E-state index contributed by atoms with van der Waals surface area (Å²) in [6.07, 6.45) is 0.546. The van der Waals surface area contributed by atoms with Crippen LogP contribution < -0.4 is 5.32 Å². The van der Waals surface area contributed by atoms with Crippen molar-refractivity contribution in [3.63, 3.8) is 0 Å². The first kappa shape index (κ1) is 16.0. The fourth-order valence-electron chi connectivity index (χ4n) is 2.72. The molecule has 1 unspecified atom stereocenters. The molecule has 3 heteroatoms. The van der Waals surface area contributed by atoms with Gasteiger partial charge in [0.05, 0.1) is 0 Å². The van der Waals surface area contributed by atoms with E-state index in [9.17, 15) is 4.39 Å². The number of likely N-dealkylation sites (N-methyl/N-ethyl adjacent to an activating group) is 1. The average Bonchev–Trinajstić information content (AvgIpc) is 2.47. The van der Waals surface area contributed by atoms with E-state index >= 15 is 0 Å². The number of hydrogen-bond acceptors (Lipinski definition) is 1. The lowest BCUT2D eigenvalue weighted by Gasteiger charge is -2.35. The topological polar surface area (TPSA) is 12.0 Å². The number of nitrogens with one attached hydrogen (secondary N) is 1. The van der Waals surface area contributed by atoms with Crippen molar-refractivity contribution in [2.24, 2.45) is 0 Å². The van der Waals surface area contributed by atoms with Crippen molar-refractivity contribution in [1.29, 1.82) is 0 Å². The Morgan fingerprint density at radius 1 is 1.10 bits per heavy atom. The Kier molecular flexibility index (Phi) is 5.02. The Balaban J connectivity index is 2.32. The standard InChI is InChI=1S/C18H21ClFN/c1-18(2,13-8-5-4-6-9-13)17(21-3)12-14-15(19)10-7-11-16(14)20/h4-11,17,21H,12H2,1-3H3. The molecule has 0 amide bonds. The summed E-state index contributed by atoms with van der Waals surface area (Å²) in [6, 6.07) is 15.2. The Morgan fingerprint density at radius 3 is 2.33 bits per heavy atom. The van der Waals surface area contributed by atoms with E-state index < -0.39 is 0 Å². The summed E-state index contributed by atoms with van der Waals surface area (Å²) in [5, 5.41) is 3.80. The lowest BCUT2D eigenvalue weighted by atomic mass is 9.75. The molecule has 0 saturated heterocycles. The quantitative estimate of drug-likeness (QED) is 0.852. The van der Waals surface area contributed by atoms with Crippen LogP contribution in [0, 0.1) is 5.82 Å². The van der Waals surface area contributed by atoms with E-state index in [0.29, 0.717) is 17.0 Å². The number of benzene rings is 2. The summed E-state index contributed by atoms with van der Waals surface area (Å²) in [7, 11) is 1.91. The van der Waals surface area contributed by atoms with E-state index in [1.165, 1.54) is 11.6 Å². The van der Waals surface area contributed by atoms with Gasteiger partial charge in [0.2, 0.25) is 0 Å². The molecule has 0 aliphatic carbocycles. The van der Waals surface area contributed by atoms with Gasteiger partial charge in [-0.2, -0.15) is 0 Å². The van der Waals surface area contributed by atoms with Crippen molar-refractivity contribution in [1.82, 2.24) is 5.32 Å². The zero-order chi connectivity index (χ0) is 15.5. The Hall–Kier alpha value is -1.38. The highest BCUT2D eigenvalue weighted by Crippen LogP contribution is 2.31. The molecule has 0 saturated carbocycles. The fourth-order valence-corrected chi connectivity index (χ4v) is 2.96. The highest BCUT2D eigenvalue weighted by atomic mass is 35.5. The van der Waals surface area contributed by atoms with Crippen LogP contribution in [0.1, 0.15) is 25.0 Å². The second-order valence-corrected chi connectivity index (χ2v) is 6.24. The van der Waals surface area contributed by atoms with Crippen LogP contribution in [-0.4, -0.2) is 13.1 Å². The normalized spacial score (nSPS) is 13.2. The summed E-state index contributed by atoms with van der Waals surface area (Å²) in [4.78, 5) is 0. The molecule has 2 aromatic rings. The van der Waals surface area contributed by atoms with Crippen molar-refractivity contribution in [2.45, 2.75) is 31.7 Å². The van der Waals surface area contributed by atoms with Crippen molar-refractivity contribution < 1.29 is 4.39 Å².